The van der Waals surface area contributed by atoms with Gasteiger partial charge in [-0.05, 0) is 25.4 Å². The molecule has 1 fully saturated rings. The highest BCUT2D eigenvalue weighted by molar-refractivity contribution is 7.10. The second kappa shape index (κ2) is 5.49. The summed E-state index contributed by atoms with van der Waals surface area (Å²) in [5, 5.41) is 4.65. The molecule has 98 valence electrons. The van der Waals surface area contributed by atoms with E-state index in [1.54, 1.807) is 11.3 Å². The van der Waals surface area contributed by atoms with Crippen molar-refractivity contribution in [2.75, 3.05) is 26.7 Å². The van der Waals surface area contributed by atoms with Gasteiger partial charge in [-0.1, -0.05) is 6.07 Å². The molecule has 1 N–H and O–H groups in total. The first-order chi connectivity index (χ1) is 8.59. The van der Waals surface area contributed by atoms with Crippen molar-refractivity contribution in [3.05, 3.63) is 22.4 Å². The minimum Gasteiger partial charge on any atom is -0.336 e. The molecule has 0 radical (unpaired) electrons. The van der Waals surface area contributed by atoms with Gasteiger partial charge >= 0.3 is 6.03 Å². The molecule has 0 bridgehead atoms. The summed E-state index contributed by atoms with van der Waals surface area (Å²) in [6, 6.07) is 3.95. The summed E-state index contributed by atoms with van der Waals surface area (Å²) in [5.74, 6) is -0.143. The van der Waals surface area contributed by atoms with E-state index < -0.39 is 0 Å². The lowest BCUT2D eigenvalue weighted by molar-refractivity contribution is -0.128. The van der Waals surface area contributed by atoms with Gasteiger partial charge < -0.3 is 5.32 Å². The van der Waals surface area contributed by atoms with E-state index in [9.17, 15) is 9.59 Å². The number of thiophene rings is 1. The zero-order chi connectivity index (χ0) is 13.1. The number of likely N-dealkylation sites (N-methyl/N-ethyl adjacent to an activating group) is 1. The number of amides is 3. The minimum absolute atomic E-state index is 0.143. The normalized spacial score (nSPS) is 17.1. The van der Waals surface area contributed by atoms with E-state index in [1.165, 1.54) is 9.78 Å². The van der Waals surface area contributed by atoms with E-state index in [1.807, 2.05) is 23.4 Å². The van der Waals surface area contributed by atoms with Gasteiger partial charge in [0.1, 0.15) is 0 Å². The first-order valence-electron chi connectivity index (χ1n) is 5.91. The lowest BCUT2D eigenvalue weighted by Gasteiger charge is -2.24. The standard InChI is InChI=1S/C12H17N3O2S/c1-9(10-4-3-7-18-10)14(2)8-11(16)15-6-5-13-12(15)17/h3-4,7,9H,5-6,8H2,1-2H3,(H,13,17)/t9-/m1/s1. The summed E-state index contributed by atoms with van der Waals surface area (Å²) in [7, 11) is 1.90. The highest BCUT2D eigenvalue weighted by Crippen LogP contribution is 2.23. The van der Waals surface area contributed by atoms with Gasteiger partial charge in [0.2, 0.25) is 5.91 Å². The third kappa shape index (κ3) is 2.70. The number of hydrogen-bond donors (Lipinski definition) is 1. The van der Waals surface area contributed by atoms with E-state index in [2.05, 4.69) is 18.3 Å². The molecule has 1 atom stereocenters. The van der Waals surface area contributed by atoms with E-state index >= 15 is 0 Å². The summed E-state index contributed by atoms with van der Waals surface area (Å²) < 4.78 is 0. The van der Waals surface area contributed by atoms with Crippen LogP contribution in [0.25, 0.3) is 0 Å². The quantitative estimate of drug-likeness (QED) is 0.894. The first-order valence-corrected chi connectivity index (χ1v) is 6.79. The van der Waals surface area contributed by atoms with Crippen LogP contribution in [0.15, 0.2) is 17.5 Å². The Balaban J connectivity index is 1.92. The van der Waals surface area contributed by atoms with Crippen LogP contribution in [-0.4, -0.2) is 48.4 Å². The van der Waals surface area contributed by atoms with Crippen molar-refractivity contribution in [2.45, 2.75) is 13.0 Å². The smallest absolute Gasteiger partial charge is 0.324 e. The zero-order valence-electron chi connectivity index (χ0n) is 10.5. The van der Waals surface area contributed by atoms with Crippen LogP contribution in [-0.2, 0) is 4.79 Å². The summed E-state index contributed by atoms with van der Waals surface area (Å²) in [4.78, 5) is 27.8. The van der Waals surface area contributed by atoms with Gasteiger partial charge in [0.05, 0.1) is 6.54 Å². The molecule has 1 aromatic heterocycles. The van der Waals surface area contributed by atoms with Crippen LogP contribution in [0, 0.1) is 0 Å². The van der Waals surface area contributed by atoms with E-state index in [0.29, 0.717) is 13.1 Å². The number of urea groups is 1. The Morgan fingerprint density at radius 2 is 2.44 bits per heavy atom. The molecule has 1 saturated heterocycles. The number of rotatable bonds is 4. The molecule has 0 aromatic carbocycles. The van der Waals surface area contributed by atoms with Crippen molar-refractivity contribution in [3.8, 4) is 0 Å². The number of nitrogens with zero attached hydrogens (tertiary/aromatic N) is 2. The Bertz CT molecular complexity index is 433. The Morgan fingerprint density at radius 3 is 3.00 bits per heavy atom. The van der Waals surface area contributed by atoms with Crippen LogP contribution in [0.3, 0.4) is 0 Å². The number of carbonyl (C=O) groups excluding carboxylic acids is 2. The SMILES string of the molecule is C[C@H](c1cccs1)N(C)CC(=O)N1CCNC1=O. The van der Waals surface area contributed by atoms with E-state index in [4.69, 9.17) is 0 Å². The van der Waals surface area contributed by atoms with Gasteiger partial charge in [-0.2, -0.15) is 0 Å². The van der Waals surface area contributed by atoms with Crippen LogP contribution < -0.4 is 5.32 Å². The average Bonchev–Trinajstić information content (AvgIpc) is 2.98. The second-order valence-corrected chi connectivity index (χ2v) is 5.36. The van der Waals surface area contributed by atoms with Crippen molar-refractivity contribution in [3.63, 3.8) is 0 Å². The molecule has 1 aliphatic heterocycles. The molecule has 0 saturated carbocycles. The summed E-state index contributed by atoms with van der Waals surface area (Å²) in [6.45, 7) is 3.34. The molecule has 1 aromatic rings. The van der Waals surface area contributed by atoms with Crippen molar-refractivity contribution in [1.29, 1.82) is 0 Å². The number of imide groups is 1. The molecule has 1 aliphatic rings. The van der Waals surface area contributed by atoms with Crippen molar-refractivity contribution in [1.82, 2.24) is 15.1 Å². The molecule has 5 nitrogen and oxygen atoms in total. The van der Waals surface area contributed by atoms with Gasteiger partial charge in [-0.15, -0.1) is 11.3 Å². The molecule has 3 amide bonds. The number of nitrogens with one attached hydrogen (secondary N) is 1. The summed E-state index contributed by atoms with van der Waals surface area (Å²) in [6.07, 6.45) is 0. The van der Waals surface area contributed by atoms with Gasteiger partial charge in [-0.3, -0.25) is 14.6 Å². The molecule has 6 heteroatoms. The van der Waals surface area contributed by atoms with Crippen molar-refractivity contribution in [2.24, 2.45) is 0 Å². The highest BCUT2D eigenvalue weighted by atomic mass is 32.1. The molecule has 18 heavy (non-hydrogen) atoms. The average molecular weight is 267 g/mol. The number of carbonyl (C=O) groups is 2. The molecular formula is C12H17N3O2S. The fourth-order valence-electron chi connectivity index (χ4n) is 1.89. The Hall–Kier alpha value is -1.40. The van der Waals surface area contributed by atoms with E-state index in [-0.39, 0.29) is 24.5 Å². The van der Waals surface area contributed by atoms with Crippen molar-refractivity contribution >= 4 is 23.3 Å². The third-order valence-electron chi connectivity index (χ3n) is 3.16. The van der Waals surface area contributed by atoms with Gasteiger partial charge in [0.25, 0.3) is 0 Å². The maximum atomic E-state index is 12.0. The molecular weight excluding hydrogens is 250 g/mol. The summed E-state index contributed by atoms with van der Waals surface area (Å²) in [5.41, 5.74) is 0. The van der Waals surface area contributed by atoms with Gasteiger partial charge in [0.15, 0.2) is 0 Å². The maximum absolute atomic E-state index is 12.0. The lowest BCUT2D eigenvalue weighted by Crippen LogP contribution is -2.41. The maximum Gasteiger partial charge on any atom is 0.324 e. The first kappa shape index (κ1) is 13.0. The third-order valence-corrected chi connectivity index (χ3v) is 4.20. The van der Waals surface area contributed by atoms with Crippen LogP contribution >= 0.6 is 11.3 Å². The minimum atomic E-state index is -0.280. The predicted molar refractivity (Wildman–Crippen MR) is 70.5 cm³/mol. The molecule has 0 unspecified atom stereocenters. The monoisotopic (exact) mass is 267 g/mol. The lowest BCUT2D eigenvalue weighted by atomic mass is 10.2. The van der Waals surface area contributed by atoms with Crippen LogP contribution in [0.5, 0.6) is 0 Å². The zero-order valence-corrected chi connectivity index (χ0v) is 11.4. The van der Waals surface area contributed by atoms with Crippen molar-refractivity contribution < 1.29 is 9.59 Å². The van der Waals surface area contributed by atoms with Gasteiger partial charge in [0, 0.05) is 24.0 Å². The Kier molecular flexibility index (Phi) is 3.98. The van der Waals surface area contributed by atoms with Crippen LogP contribution in [0.4, 0.5) is 4.79 Å². The topological polar surface area (TPSA) is 52.7 Å². The fourth-order valence-corrected chi connectivity index (χ4v) is 2.74. The molecule has 0 aliphatic carbocycles. The molecule has 0 spiro atoms. The van der Waals surface area contributed by atoms with E-state index in [0.717, 1.165) is 0 Å². The van der Waals surface area contributed by atoms with Crippen LogP contribution in [0.2, 0.25) is 0 Å². The second-order valence-electron chi connectivity index (χ2n) is 4.38. The largest absolute Gasteiger partial charge is 0.336 e. The fraction of sp³-hybridized carbons (Fsp3) is 0.500. The molecule has 2 heterocycles. The van der Waals surface area contributed by atoms with Gasteiger partial charge in [-0.25, -0.2) is 4.79 Å². The Labute approximate surface area is 110 Å². The molecule has 2 rings (SSSR count). The number of hydrogen-bond acceptors (Lipinski definition) is 4. The summed E-state index contributed by atoms with van der Waals surface area (Å²) >= 11 is 1.67. The Morgan fingerprint density at radius 1 is 1.67 bits per heavy atom. The highest BCUT2D eigenvalue weighted by Gasteiger charge is 2.27. The predicted octanol–water partition coefficient (Wildman–Crippen LogP) is 1.29. The van der Waals surface area contributed by atoms with Crippen LogP contribution in [0.1, 0.15) is 17.8 Å².